The van der Waals surface area contributed by atoms with Crippen molar-refractivity contribution >= 4 is 11.9 Å². The molecule has 116 valence electrons. The van der Waals surface area contributed by atoms with E-state index in [1.807, 2.05) is 0 Å². The number of esters is 1. The number of methoxy groups -OCH3 is 1. The van der Waals surface area contributed by atoms with Gasteiger partial charge in [-0.05, 0) is 32.9 Å². The van der Waals surface area contributed by atoms with Crippen molar-refractivity contribution in [3.63, 3.8) is 0 Å². The molecule has 1 aromatic heterocycles. The van der Waals surface area contributed by atoms with Crippen LogP contribution in [-0.2, 0) is 9.53 Å². The van der Waals surface area contributed by atoms with Gasteiger partial charge in [0.1, 0.15) is 6.04 Å². The van der Waals surface area contributed by atoms with E-state index in [-0.39, 0.29) is 17.5 Å². The molecule has 0 bridgehead atoms. The molecule has 21 heavy (non-hydrogen) atoms. The third-order valence-electron chi connectivity index (χ3n) is 3.83. The van der Waals surface area contributed by atoms with Crippen LogP contribution >= 0.6 is 0 Å². The minimum absolute atomic E-state index is 0.141. The van der Waals surface area contributed by atoms with E-state index in [0.717, 1.165) is 25.9 Å². The highest BCUT2D eigenvalue weighted by atomic mass is 16.5. The lowest BCUT2D eigenvalue weighted by Crippen LogP contribution is -2.33. The summed E-state index contributed by atoms with van der Waals surface area (Å²) in [6.07, 6.45) is 1.75. The SMILES string of the molecule is CNC(=O)C(C)n1nnc(C(=O)OC)c1C1CCNCC1. The van der Waals surface area contributed by atoms with Crippen molar-refractivity contribution in [3.05, 3.63) is 11.4 Å². The first-order chi connectivity index (χ1) is 10.1. The second-order valence-corrected chi connectivity index (χ2v) is 5.07. The lowest BCUT2D eigenvalue weighted by atomic mass is 9.92. The fraction of sp³-hybridized carbons (Fsp3) is 0.692. The van der Waals surface area contributed by atoms with E-state index in [2.05, 4.69) is 20.9 Å². The maximum Gasteiger partial charge on any atom is 0.360 e. The average Bonchev–Trinajstić information content (AvgIpc) is 2.98. The number of nitrogens with zero attached hydrogens (tertiary/aromatic N) is 3. The van der Waals surface area contributed by atoms with E-state index in [4.69, 9.17) is 4.74 Å². The number of amides is 1. The Bertz CT molecular complexity index is 522. The van der Waals surface area contributed by atoms with Gasteiger partial charge in [0.15, 0.2) is 5.69 Å². The topological polar surface area (TPSA) is 98.1 Å². The van der Waals surface area contributed by atoms with Crippen LogP contribution < -0.4 is 10.6 Å². The molecule has 1 amide bonds. The van der Waals surface area contributed by atoms with Crippen LogP contribution in [0.5, 0.6) is 0 Å². The maximum atomic E-state index is 11.9. The van der Waals surface area contributed by atoms with Gasteiger partial charge in [0.25, 0.3) is 0 Å². The molecule has 8 heteroatoms. The quantitative estimate of drug-likeness (QED) is 0.749. The Hall–Kier alpha value is -1.96. The lowest BCUT2D eigenvalue weighted by Gasteiger charge is -2.25. The molecule has 2 heterocycles. The van der Waals surface area contributed by atoms with E-state index in [1.165, 1.54) is 7.11 Å². The van der Waals surface area contributed by atoms with Crippen LogP contribution in [-0.4, -0.2) is 54.1 Å². The highest BCUT2D eigenvalue weighted by molar-refractivity contribution is 5.88. The molecule has 0 spiro atoms. The maximum absolute atomic E-state index is 11.9. The Morgan fingerprint density at radius 3 is 2.67 bits per heavy atom. The van der Waals surface area contributed by atoms with Gasteiger partial charge in [-0.15, -0.1) is 5.10 Å². The minimum Gasteiger partial charge on any atom is -0.464 e. The lowest BCUT2D eigenvalue weighted by molar-refractivity contribution is -0.123. The monoisotopic (exact) mass is 295 g/mol. The van der Waals surface area contributed by atoms with Gasteiger partial charge in [0, 0.05) is 13.0 Å². The number of hydrogen-bond acceptors (Lipinski definition) is 6. The number of ether oxygens (including phenoxy) is 1. The molecule has 1 saturated heterocycles. The van der Waals surface area contributed by atoms with E-state index >= 15 is 0 Å². The van der Waals surface area contributed by atoms with Gasteiger partial charge in [-0.2, -0.15) is 0 Å². The van der Waals surface area contributed by atoms with Crippen molar-refractivity contribution in [1.82, 2.24) is 25.6 Å². The van der Waals surface area contributed by atoms with Crippen molar-refractivity contribution in [3.8, 4) is 0 Å². The predicted octanol–water partition coefficient (Wildman–Crippen LogP) is -0.161. The summed E-state index contributed by atoms with van der Waals surface area (Å²) in [4.78, 5) is 23.8. The number of carbonyl (C=O) groups excluding carboxylic acids is 2. The second-order valence-electron chi connectivity index (χ2n) is 5.07. The first-order valence-electron chi connectivity index (χ1n) is 7.05. The number of carbonyl (C=O) groups is 2. The molecule has 0 aromatic carbocycles. The number of rotatable bonds is 4. The zero-order valence-corrected chi connectivity index (χ0v) is 12.5. The molecule has 2 N–H and O–H groups in total. The summed E-state index contributed by atoms with van der Waals surface area (Å²) < 4.78 is 6.32. The first-order valence-corrected chi connectivity index (χ1v) is 7.05. The van der Waals surface area contributed by atoms with E-state index in [9.17, 15) is 9.59 Å². The molecule has 0 radical (unpaired) electrons. The van der Waals surface area contributed by atoms with Crippen LogP contribution in [0.2, 0.25) is 0 Å². The molecule has 1 fully saturated rings. The number of hydrogen-bond donors (Lipinski definition) is 2. The third-order valence-corrected chi connectivity index (χ3v) is 3.83. The van der Waals surface area contributed by atoms with Crippen LogP contribution in [0.3, 0.4) is 0 Å². The van der Waals surface area contributed by atoms with Crippen LogP contribution in [0, 0.1) is 0 Å². The summed E-state index contributed by atoms with van der Waals surface area (Å²) in [7, 11) is 2.89. The molecule has 2 rings (SSSR count). The average molecular weight is 295 g/mol. The summed E-state index contributed by atoms with van der Waals surface area (Å²) >= 11 is 0. The zero-order valence-electron chi connectivity index (χ0n) is 12.5. The van der Waals surface area contributed by atoms with E-state index in [1.54, 1.807) is 18.7 Å². The van der Waals surface area contributed by atoms with Crippen molar-refractivity contribution in [2.75, 3.05) is 27.2 Å². The Labute approximate surface area is 123 Å². The van der Waals surface area contributed by atoms with Gasteiger partial charge in [-0.3, -0.25) is 4.79 Å². The Morgan fingerprint density at radius 2 is 2.10 bits per heavy atom. The van der Waals surface area contributed by atoms with Gasteiger partial charge in [0.2, 0.25) is 5.91 Å². The van der Waals surface area contributed by atoms with Gasteiger partial charge in [0.05, 0.1) is 12.8 Å². The summed E-state index contributed by atoms with van der Waals surface area (Å²) in [5, 5.41) is 13.8. The molecule has 1 atom stereocenters. The summed E-state index contributed by atoms with van der Waals surface area (Å²) in [5.74, 6) is -0.548. The Morgan fingerprint density at radius 1 is 1.43 bits per heavy atom. The number of likely N-dealkylation sites (N-methyl/N-ethyl adjacent to an activating group) is 1. The minimum atomic E-state index is -0.522. The molecular formula is C13H21N5O3. The smallest absolute Gasteiger partial charge is 0.360 e. The number of nitrogens with one attached hydrogen (secondary N) is 2. The fourth-order valence-corrected chi connectivity index (χ4v) is 2.62. The standard InChI is InChI=1S/C13H21N5O3/c1-8(12(19)14-2)18-11(9-4-6-15-7-5-9)10(16-17-18)13(20)21-3/h8-9,15H,4-7H2,1-3H3,(H,14,19). The van der Waals surface area contributed by atoms with Crippen LogP contribution in [0.15, 0.2) is 0 Å². The molecule has 0 saturated carbocycles. The Kier molecular flexibility index (Phi) is 4.89. The van der Waals surface area contributed by atoms with E-state index in [0.29, 0.717) is 5.69 Å². The van der Waals surface area contributed by atoms with Gasteiger partial charge in [-0.25, -0.2) is 9.48 Å². The number of aromatic nitrogens is 3. The highest BCUT2D eigenvalue weighted by Crippen LogP contribution is 2.29. The highest BCUT2D eigenvalue weighted by Gasteiger charge is 2.31. The van der Waals surface area contributed by atoms with Crippen molar-refractivity contribution < 1.29 is 14.3 Å². The molecule has 1 unspecified atom stereocenters. The van der Waals surface area contributed by atoms with Gasteiger partial charge < -0.3 is 15.4 Å². The van der Waals surface area contributed by atoms with Gasteiger partial charge >= 0.3 is 5.97 Å². The first kappa shape index (κ1) is 15.4. The number of piperidine rings is 1. The molecule has 8 nitrogen and oxygen atoms in total. The van der Waals surface area contributed by atoms with Crippen molar-refractivity contribution in [2.24, 2.45) is 0 Å². The summed E-state index contributed by atoms with van der Waals surface area (Å²) in [6, 6.07) is -0.522. The molecule has 1 aromatic rings. The molecule has 1 aliphatic rings. The van der Waals surface area contributed by atoms with Crippen LogP contribution in [0.1, 0.15) is 47.9 Å². The molecular weight excluding hydrogens is 274 g/mol. The summed E-state index contributed by atoms with van der Waals surface area (Å²) in [5.41, 5.74) is 0.902. The largest absolute Gasteiger partial charge is 0.464 e. The van der Waals surface area contributed by atoms with E-state index < -0.39 is 12.0 Å². The van der Waals surface area contributed by atoms with Gasteiger partial charge in [-0.1, -0.05) is 5.21 Å². The molecule has 1 aliphatic heterocycles. The van der Waals surface area contributed by atoms with Crippen molar-refractivity contribution in [2.45, 2.75) is 31.7 Å². The predicted molar refractivity (Wildman–Crippen MR) is 75.0 cm³/mol. The summed E-state index contributed by atoms with van der Waals surface area (Å²) in [6.45, 7) is 3.47. The Balaban J connectivity index is 2.42. The van der Waals surface area contributed by atoms with Crippen LogP contribution in [0.4, 0.5) is 0 Å². The van der Waals surface area contributed by atoms with Crippen molar-refractivity contribution in [1.29, 1.82) is 0 Å². The normalized spacial score (nSPS) is 17.3. The third kappa shape index (κ3) is 3.05. The fourth-order valence-electron chi connectivity index (χ4n) is 2.62. The van der Waals surface area contributed by atoms with Crippen LogP contribution in [0.25, 0.3) is 0 Å². The molecule has 0 aliphatic carbocycles. The zero-order chi connectivity index (χ0) is 15.4. The second kappa shape index (κ2) is 6.66.